The van der Waals surface area contributed by atoms with Gasteiger partial charge in [0.15, 0.2) is 0 Å². The average Bonchev–Trinajstić information content (AvgIpc) is 3.61. The molecular weight excluding hydrogens is 416 g/mol. The molecule has 3 heterocycles. The van der Waals surface area contributed by atoms with Crippen LogP contribution in [0.5, 0.6) is 5.88 Å². The first kappa shape index (κ1) is 21.3. The lowest BCUT2D eigenvalue weighted by atomic mass is 10.1. The summed E-state index contributed by atoms with van der Waals surface area (Å²) in [6.45, 7) is 3.37. The molecule has 4 aromatic rings. The van der Waals surface area contributed by atoms with Crippen molar-refractivity contribution in [1.29, 1.82) is 0 Å². The number of ether oxygens (including phenoxy) is 2. The Morgan fingerprint density at radius 1 is 1.12 bits per heavy atom. The molecule has 1 aliphatic rings. The molecule has 0 amide bonds. The van der Waals surface area contributed by atoms with Crippen molar-refractivity contribution in [1.82, 2.24) is 19.5 Å². The molecule has 0 saturated heterocycles. The van der Waals surface area contributed by atoms with E-state index in [0.717, 1.165) is 34.1 Å². The van der Waals surface area contributed by atoms with Crippen molar-refractivity contribution < 1.29 is 9.47 Å². The number of aryl methyl sites for hydroxylation is 1. The summed E-state index contributed by atoms with van der Waals surface area (Å²) in [7, 11) is 1.62. The molecule has 0 aliphatic heterocycles. The number of benzene rings is 1. The lowest BCUT2D eigenvalue weighted by Crippen LogP contribution is -2.20. The summed E-state index contributed by atoms with van der Waals surface area (Å²) in [6, 6.07) is 15.9. The largest absolute Gasteiger partial charge is 0.477 e. The van der Waals surface area contributed by atoms with Crippen LogP contribution in [0.2, 0.25) is 0 Å². The smallest absolute Gasteiger partial charge is 0.251 e. The highest BCUT2D eigenvalue weighted by molar-refractivity contribution is 5.78. The summed E-state index contributed by atoms with van der Waals surface area (Å²) in [5, 5.41) is 1.15. The summed E-state index contributed by atoms with van der Waals surface area (Å²) in [5.74, 6) is 1.92. The van der Waals surface area contributed by atoms with Crippen LogP contribution in [0.15, 0.2) is 65.7 Å². The zero-order chi connectivity index (χ0) is 22.8. The fraction of sp³-hybridized carbons (Fsp3) is 0.308. The first-order valence-corrected chi connectivity index (χ1v) is 11.1. The molecule has 2 atom stereocenters. The summed E-state index contributed by atoms with van der Waals surface area (Å²) in [5.41, 5.74) is 3.50. The molecular formula is C26H26N4O3. The molecule has 7 heteroatoms. The fourth-order valence-electron chi connectivity index (χ4n) is 4.08. The Bertz CT molecular complexity index is 1350. The number of nitrogens with zero attached hydrogens (tertiary/aromatic N) is 4. The minimum absolute atomic E-state index is 0.0966. The fourth-order valence-corrected chi connectivity index (χ4v) is 4.08. The maximum atomic E-state index is 12.5. The zero-order valence-corrected chi connectivity index (χ0v) is 18.8. The monoisotopic (exact) mass is 442 g/mol. The Balaban J connectivity index is 1.31. The number of hydrogen-bond donors (Lipinski definition) is 0. The minimum atomic E-state index is -0.0966. The predicted octanol–water partition coefficient (Wildman–Crippen LogP) is 3.99. The number of para-hydroxylation sites is 1. The van der Waals surface area contributed by atoms with Gasteiger partial charge in [-0.05, 0) is 37.1 Å². The second-order valence-corrected chi connectivity index (χ2v) is 8.42. The van der Waals surface area contributed by atoms with Gasteiger partial charge in [-0.3, -0.25) is 9.78 Å². The molecule has 0 spiro atoms. The number of fused-ring (bicyclic) bond motifs is 1. The van der Waals surface area contributed by atoms with Crippen molar-refractivity contribution in [2.45, 2.75) is 25.8 Å². The van der Waals surface area contributed by atoms with E-state index in [-0.39, 0.29) is 5.56 Å². The van der Waals surface area contributed by atoms with Gasteiger partial charge in [-0.15, -0.1) is 0 Å². The Labute approximate surface area is 192 Å². The third kappa shape index (κ3) is 4.64. The van der Waals surface area contributed by atoms with E-state index in [1.54, 1.807) is 30.1 Å². The van der Waals surface area contributed by atoms with E-state index in [1.807, 2.05) is 31.2 Å². The summed E-state index contributed by atoms with van der Waals surface area (Å²) < 4.78 is 12.8. The zero-order valence-electron chi connectivity index (χ0n) is 18.8. The van der Waals surface area contributed by atoms with Crippen molar-refractivity contribution >= 4 is 10.9 Å². The van der Waals surface area contributed by atoms with E-state index in [4.69, 9.17) is 14.5 Å². The minimum Gasteiger partial charge on any atom is -0.477 e. The van der Waals surface area contributed by atoms with Gasteiger partial charge in [0.2, 0.25) is 5.88 Å². The standard InChI is InChI=1S/C26H26N4O3/c1-17-27-15-22(19-9-10-30(11-12-32-2)25(31)14-19)26(28-17)33-16-20-13-21(20)24-8-7-18-5-3-4-6-23(18)29-24/h3-10,14-15,20-21H,11-13,16H2,1-2H3. The van der Waals surface area contributed by atoms with Crippen LogP contribution in [0.25, 0.3) is 22.0 Å². The maximum Gasteiger partial charge on any atom is 0.251 e. The molecule has 2 unspecified atom stereocenters. The molecule has 7 nitrogen and oxygen atoms in total. The van der Waals surface area contributed by atoms with Gasteiger partial charge in [0.05, 0.1) is 24.3 Å². The molecule has 5 rings (SSSR count). The second kappa shape index (κ2) is 9.11. The summed E-state index contributed by atoms with van der Waals surface area (Å²) in [4.78, 5) is 26.2. The van der Waals surface area contributed by atoms with E-state index in [0.29, 0.717) is 43.3 Å². The molecule has 1 aliphatic carbocycles. The molecule has 1 fully saturated rings. The van der Waals surface area contributed by atoms with E-state index in [1.165, 1.54) is 0 Å². The topological polar surface area (TPSA) is 79.1 Å². The molecule has 0 N–H and O–H groups in total. The van der Waals surface area contributed by atoms with Gasteiger partial charge < -0.3 is 14.0 Å². The Kier molecular flexibility index (Phi) is 5.88. The van der Waals surface area contributed by atoms with E-state index < -0.39 is 0 Å². The average molecular weight is 443 g/mol. The molecule has 0 radical (unpaired) electrons. The molecule has 33 heavy (non-hydrogen) atoms. The Hall–Kier alpha value is -3.58. The van der Waals surface area contributed by atoms with E-state index in [9.17, 15) is 4.79 Å². The predicted molar refractivity (Wildman–Crippen MR) is 126 cm³/mol. The van der Waals surface area contributed by atoms with Gasteiger partial charge in [-0.1, -0.05) is 24.3 Å². The van der Waals surface area contributed by atoms with Gasteiger partial charge >= 0.3 is 0 Å². The summed E-state index contributed by atoms with van der Waals surface area (Å²) >= 11 is 0. The third-order valence-corrected chi connectivity index (χ3v) is 6.07. The third-order valence-electron chi connectivity index (χ3n) is 6.07. The summed E-state index contributed by atoms with van der Waals surface area (Å²) in [6.07, 6.45) is 4.53. The number of hydrogen-bond acceptors (Lipinski definition) is 6. The van der Waals surface area contributed by atoms with Crippen molar-refractivity contribution in [3.8, 4) is 17.0 Å². The lowest BCUT2D eigenvalue weighted by Gasteiger charge is -2.12. The van der Waals surface area contributed by atoms with Gasteiger partial charge in [0.25, 0.3) is 5.56 Å². The van der Waals surface area contributed by atoms with Crippen LogP contribution in [0.3, 0.4) is 0 Å². The van der Waals surface area contributed by atoms with Crippen LogP contribution in [0, 0.1) is 12.8 Å². The van der Waals surface area contributed by atoms with Gasteiger partial charge in [0.1, 0.15) is 5.82 Å². The van der Waals surface area contributed by atoms with Gasteiger partial charge in [-0.25, -0.2) is 4.98 Å². The van der Waals surface area contributed by atoms with E-state index in [2.05, 4.69) is 28.2 Å². The number of rotatable bonds is 8. The maximum absolute atomic E-state index is 12.5. The van der Waals surface area contributed by atoms with Crippen LogP contribution in [-0.2, 0) is 11.3 Å². The van der Waals surface area contributed by atoms with Crippen molar-refractivity contribution in [3.63, 3.8) is 0 Å². The van der Waals surface area contributed by atoms with Crippen molar-refractivity contribution in [2.75, 3.05) is 20.3 Å². The first-order chi connectivity index (χ1) is 16.1. The number of methoxy groups -OCH3 is 1. The normalized spacial score (nSPS) is 17.3. The highest BCUT2D eigenvalue weighted by atomic mass is 16.5. The molecule has 1 saturated carbocycles. The van der Waals surface area contributed by atoms with Crippen molar-refractivity contribution in [2.24, 2.45) is 5.92 Å². The first-order valence-electron chi connectivity index (χ1n) is 11.1. The molecule has 168 valence electrons. The van der Waals surface area contributed by atoms with Crippen LogP contribution in [-0.4, -0.2) is 39.8 Å². The number of aromatic nitrogens is 4. The Morgan fingerprint density at radius 2 is 2.00 bits per heavy atom. The Morgan fingerprint density at radius 3 is 2.85 bits per heavy atom. The second-order valence-electron chi connectivity index (χ2n) is 8.42. The lowest BCUT2D eigenvalue weighted by molar-refractivity contribution is 0.186. The highest BCUT2D eigenvalue weighted by Crippen LogP contribution is 2.47. The van der Waals surface area contributed by atoms with E-state index >= 15 is 0 Å². The SMILES string of the molecule is COCCn1ccc(-c2cnc(C)nc2OCC2CC2c2ccc3ccccc3n2)cc1=O. The van der Waals surface area contributed by atoms with Crippen LogP contribution >= 0.6 is 0 Å². The van der Waals surface area contributed by atoms with Crippen LogP contribution in [0.4, 0.5) is 0 Å². The van der Waals surface area contributed by atoms with Gasteiger partial charge in [-0.2, -0.15) is 4.98 Å². The van der Waals surface area contributed by atoms with Crippen molar-refractivity contribution in [3.05, 3.63) is 82.8 Å². The molecule has 3 aromatic heterocycles. The molecule has 0 bridgehead atoms. The highest BCUT2D eigenvalue weighted by Gasteiger charge is 2.40. The van der Waals surface area contributed by atoms with Crippen LogP contribution in [0.1, 0.15) is 23.9 Å². The van der Waals surface area contributed by atoms with Crippen LogP contribution < -0.4 is 10.3 Å². The quantitative estimate of drug-likeness (QED) is 0.411. The number of pyridine rings is 2. The van der Waals surface area contributed by atoms with Gasteiger partial charge in [0, 0.05) is 55.0 Å². The molecule has 1 aromatic carbocycles.